The maximum atomic E-state index is 11.0. The number of pyridine rings is 1. The van der Waals surface area contributed by atoms with Gasteiger partial charge in [-0.1, -0.05) is 19.4 Å². The molecule has 104 valence electrons. The van der Waals surface area contributed by atoms with Crippen LogP contribution < -0.4 is 5.32 Å². The third-order valence-corrected chi connectivity index (χ3v) is 3.95. The van der Waals surface area contributed by atoms with Crippen molar-refractivity contribution in [1.82, 2.24) is 10.3 Å². The van der Waals surface area contributed by atoms with E-state index in [0.29, 0.717) is 6.04 Å². The van der Waals surface area contributed by atoms with Crippen LogP contribution in [-0.4, -0.2) is 22.1 Å². The van der Waals surface area contributed by atoms with Crippen molar-refractivity contribution >= 4 is 5.97 Å². The summed E-state index contributed by atoms with van der Waals surface area (Å²) in [5, 5.41) is 12.6. The Morgan fingerprint density at radius 1 is 1.53 bits per heavy atom. The normalized spacial score (nSPS) is 23.2. The van der Waals surface area contributed by atoms with Gasteiger partial charge >= 0.3 is 5.97 Å². The summed E-state index contributed by atoms with van der Waals surface area (Å²) < 4.78 is 0. The molecule has 4 nitrogen and oxygen atoms in total. The number of hydrogen-bond acceptors (Lipinski definition) is 3. The minimum Gasteiger partial charge on any atom is -0.481 e. The number of carboxylic acids is 1. The first-order valence-electron chi connectivity index (χ1n) is 7.09. The van der Waals surface area contributed by atoms with Crippen LogP contribution in [0.15, 0.2) is 18.3 Å². The minimum absolute atomic E-state index is 0.180. The van der Waals surface area contributed by atoms with E-state index in [1.807, 2.05) is 12.3 Å². The molecule has 4 heteroatoms. The van der Waals surface area contributed by atoms with E-state index in [1.54, 1.807) is 0 Å². The summed E-state index contributed by atoms with van der Waals surface area (Å²) in [7, 11) is 0. The summed E-state index contributed by atoms with van der Waals surface area (Å²) in [5.41, 5.74) is 2.35. The van der Waals surface area contributed by atoms with Crippen molar-refractivity contribution in [2.75, 3.05) is 0 Å². The summed E-state index contributed by atoms with van der Waals surface area (Å²) in [4.78, 5) is 15.4. The van der Waals surface area contributed by atoms with Gasteiger partial charge in [-0.2, -0.15) is 0 Å². The number of aromatic nitrogens is 1. The van der Waals surface area contributed by atoms with E-state index in [2.05, 4.69) is 23.3 Å². The lowest BCUT2D eigenvalue weighted by molar-refractivity contribution is -0.143. The van der Waals surface area contributed by atoms with Crippen molar-refractivity contribution in [1.29, 1.82) is 0 Å². The SMILES string of the molecule is CCc1cccnc1CNC1CCCC(C(=O)O)C1. The van der Waals surface area contributed by atoms with E-state index >= 15 is 0 Å². The third kappa shape index (κ3) is 3.77. The molecule has 0 radical (unpaired) electrons. The smallest absolute Gasteiger partial charge is 0.306 e. The van der Waals surface area contributed by atoms with Crippen LogP contribution in [0.3, 0.4) is 0 Å². The van der Waals surface area contributed by atoms with Crippen molar-refractivity contribution in [2.24, 2.45) is 5.92 Å². The summed E-state index contributed by atoms with van der Waals surface area (Å²) in [6, 6.07) is 4.37. The lowest BCUT2D eigenvalue weighted by Crippen LogP contribution is -2.36. The Kier molecular flexibility index (Phi) is 4.91. The van der Waals surface area contributed by atoms with E-state index in [4.69, 9.17) is 5.11 Å². The summed E-state index contributed by atoms with van der Waals surface area (Å²) in [6.45, 7) is 2.86. The summed E-state index contributed by atoms with van der Waals surface area (Å²) >= 11 is 0. The van der Waals surface area contributed by atoms with Crippen LogP contribution in [0.5, 0.6) is 0 Å². The van der Waals surface area contributed by atoms with Gasteiger partial charge < -0.3 is 10.4 Å². The second kappa shape index (κ2) is 6.66. The molecule has 1 aromatic heterocycles. The average Bonchev–Trinajstić information content (AvgIpc) is 2.45. The Balaban J connectivity index is 1.89. The molecule has 0 aromatic carbocycles. The highest BCUT2D eigenvalue weighted by atomic mass is 16.4. The predicted molar refractivity (Wildman–Crippen MR) is 73.8 cm³/mol. The fraction of sp³-hybridized carbons (Fsp3) is 0.600. The van der Waals surface area contributed by atoms with E-state index in [0.717, 1.165) is 44.3 Å². The fourth-order valence-corrected chi connectivity index (χ4v) is 2.79. The number of carbonyl (C=O) groups is 1. The second-order valence-corrected chi connectivity index (χ2v) is 5.24. The number of aliphatic carboxylic acids is 1. The number of rotatable bonds is 5. The number of carboxylic acid groups (broad SMARTS) is 1. The molecular formula is C15H22N2O2. The van der Waals surface area contributed by atoms with Crippen LogP contribution in [0.2, 0.25) is 0 Å². The zero-order valence-electron chi connectivity index (χ0n) is 11.4. The van der Waals surface area contributed by atoms with Gasteiger partial charge in [0.25, 0.3) is 0 Å². The molecule has 0 aliphatic heterocycles. The summed E-state index contributed by atoms with van der Waals surface area (Å²) in [5.74, 6) is -0.834. The molecule has 1 heterocycles. The molecule has 1 aliphatic rings. The molecule has 1 aromatic rings. The van der Waals surface area contributed by atoms with E-state index in [-0.39, 0.29) is 5.92 Å². The van der Waals surface area contributed by atoms with Gasteiger partial charge in [0.1, 0.15) is 0 Å². The molecule has 0 amide bonds. The monoisotopic (exact) mass is 262 g/mol. The Morgan fingerprint density at radius 2 is 2.37 bits per heavy atom. The van der Waals surface area contributed by atoms with Crippen molar-refractivity contribution in [3.05, 3.63) is 29.6 Å². The summed E-state index contributed by atoms with van der Waals surface area (Å²) in [6.07, 6.45) is 6.42. The molecule has 1 saturated carbocycles. The third-order valence-electron chi connectivity index (χ3n) is 3.95. The van der Waals surface area contributed by atoms with Crippen molar-refractivity contribution in [3.8, 4) is 0 Å². The van der Waals surface area contributed by atoms with Gasteiger partial charge in [-0.15, -0.1) is 0 Å². The van der Waals surface area contributed by atoms with Crippen LogP contribution in [0.4, 0.5) is 0 Å². The van der Waals surface area contributed by atoms with Gasteiger partial charge in [0.2, 0.25) is 0 Å². The first-order chi connectivity index (χ1) is 9.20. The Labute approximate surface area is 114 Å². The lowest BCUT2D eigenvalue weighted by atomic mass is 9.86. The quantitative estimate of drug-likeness (QED) is 0.855. The number of aryl methyl sites for hydroxylation is 1. The van der Waals surface area contributed by atoms with Crippen LogP contribution >= 0.6 is 0 Å². The highest BCUT2D eigenvalue weighted by Crippen LogP contribution is 2.24. The molecule has 0 saturated heterocycles. The maximum Gasteiger partial charge on any atom is 0.306 e. The Morgan fingerprint density at radius 3 is 3.11 bits per heavy atom. The molecule has 2 rings (SSSR count). The molecule has 2 atom stereocenters. The molecule has 1 fully saturated rings. The average molecular weight is 262 g/mol. The molecule has 19 heavy (non-hydrogen) atoms. The molecule has 1 aliphatic carbocycles. The fourth-order valence-electron chi connectivity index (χ4n) is 2.79. The number of nitrogens with one attached hydrogen (secondary N) is 1. The molecule has 0 bridgehead atoms. The zero-order valence-corrected chi connectivity index (χ0v) is 11.4. The molecule has 0 spiro atoms. The van der Waals surface area contributed by atoms with Gasteiger partial charge in [-0.25, -0.2) is 0 Å². The first kappa shape index (κ1) is 14.0. The second-order valence-electron chi connectivity index (χ2n) is 5.24. The van der Waals surface area contributed by atoms with Gasteiger partial charge in [-0.05, 0) is 37.3 Å². The van der Waals surface area contributed by atoms with Crippen LogP contribution in [-0.2, 0) is 17.8 Å². The van der Waals surface area contributed by atoms with Crippen molar-refractivity contribution in [2.45, 2.75) is 51.6 Å². The topological polar surface area (TPSA) is 62.2 Å². The minimum atomic E-state index is -0.654. The van der Waals surface area contributed by atoms with E-state index in [1.165, 1.54) is 5.56 Å². The maximum absolute atomic E-state index is 11.0. The molecule has 2 N–H and O–H groups in total. The van der Waals surface area contributed by atoms with Gasteiger partial charge in [0.15, 0.2) is 0 Å². The zero-order chi connectivity index (χ0) is 13.7. The van der Waals surface area contributed by atoms with Crippen molar-refractivity contribution in [3.63, 3.8) is 0 Å². The first-order valence-corrected chi connectivity index (χ1v) is 7.09. The highest BCUT2D eigenvalue weighted by molar-refractivity contribution is 5.70. The number of hydrogen-bond donors (Lipinski definition) is 2. The van der Waals surface area contributed by atoms with E-state index in [9.17, 15) is 4.79 Å². The standard InChI is InChI=1S/C15H22N2O2/c1-2-11-6-4-8-16-14(11)10-17-13-7-3-5-12(9-13)15(18)19/h4,6,8,12-13,17H,2-3,5,7,9-10H2,1H3,(H,18,19). The highest BCUT2D eigenvalue weighted by Gasteiger charge is 2.26. The molecular weight excluding hydrogens is 240 g/mol. The number of nitrogens with zero attached hydrogens (tertiary/aromatic N) is 1. The van der Waals surface area contributed by atoms with Crippen LogP contribution in [0, 0.1) is 5.92 Å². The van der Waals surface area contributed by atoms with Gasteiger partial charge in [0, 0.05) is 18.8 Å². The molecule has 2 unspecified atom stereocenters. The Hall–Kier alpha value is -1.42. The van der Waals surface area contributed by atoms with Gasteiger partial charge in [-0.3, -0.25) is 9.78 Å². The largest absolute Gasteiger partial charge is 0.481 e. The van der Waals surface area contributed by atoms with Crippen LogP contribution in [0.1, 0.15) is 43.9 Å². The van der Waals surface area contributed by atoms with Crippen molar-refractivity contribution < 1.29 is 9.90 Å². The van der Waals surface area contributed by atoms with Crippen LogP contribution in [0.25, 0.3) is 0 Å². The van der Waals surface area contributed by atoms with Gasteiger partial charge in [0.05, 0.1) is 11.6 Å². The predicted octanol–water partition coefficient (Wildman–Crippen LogP) is 2.38. The lowest BCUT2D eigenvalue weighted by Gasteiger charge is -2.27. The van der Waals surface area contributed by atoms with E-state index < -0.39 is 5.97 Å². The Bertz CT molecular complexity index is 434.